The molecule has 7 heteroatoms. The average molecular weight is 444 g/mol. The van der Waals surface area contributed by atoms with E-state index in [4.69, 9.17) is 4.74 Å². The second-order valence-electron chi connectivity index (χ2n) is 8.99. The Balaban J connectivity index is 1.24. The first kappa shape index (κ1) is 21.1. The van der Waals surface area contributed by atoms with Crippen LogP contribution in [0, 0.1) is 37.5 Å². The molecule has 33 heavy (non-hydrogen) atoms. The van der Waals surface area contributed by atoms with Crippen LogP contribution in [0.2, 0.25) is 0 Å². The van der Waals surface area contributed by atoms with Gasteiger partial charge in [-0.25, -0.2) is 9.69 Å². The zero-order valence-corrected chi connectivity index (χ0v) is 18.4. The van der Waals surface area contributed by atoms with Gasteiger partial charge in [-0.1, -0.05) is 24.3 Å². The third-order valence-electron chi connectivity index (χ3n) is 6.94. The molecule has 0 spiro atoms. The van der Waals surface area contributed by atoms with E-state index >= 15 is 0 Å². The third-order valence-corrected chi connectivity index (χ3v) is 6.94. The SMILES string of the molecule is Cc1ccc(NC(=O)COC(=O)c2cccc(N3C(=O)[C@@H]4[C@H](C3=O)[C@H]3C=C[C@H]4C3)c2)cc1C. The van der Waals surface area contributed by atoms with Gasteiger partial charge in [0.05, 0.1) is 23.1 Å². The number of imide groups is 1. The van der Waals surface area contributed by atoms with Gasteiger partial charge in [-0.3, -0.25) is 14.4 Å². The van der Waals surface area contributed by atoms with Crippen LogP contribution in [0.5, 0.6) is 0 Å². The molecule has 1 N–H and O–H groups in total. The standard InChI is InChI=1S/C26H24N2O5/c1-14-6-9-19(10-15(14)2)27-21(29)13-33-26(32)18-4-3-5-20(12-18)28-24(30)22-16-7-8-17(11-16)23(22)25(28)31/h3-10,12,16-17,22-23H,11,13H2,1-2H3,(H,27,29)/t16-,17-,22-,23+/m0/s1. The Hall–Kier alpha value is -3.74. The maximum atomic E-state index is 13.0. The highest BCUT2D eigenvalue weighted by atomic mass is 16.5. The number of aryl methyl sites for hydroxylation is 2. The maximum absolute atomic E-state index is 13.0. The van der Waals surface area contributed by atoms with Crippen LogP contribution in [0.25, 0.3) is 0 Å². The number of carbonyl (C=O) groups excluding carboxylic acids is 4. The molecule has 7 nitrogen and oxygen atoms in total. The molecule has 168 valence electrons. The van der Waals surface area contributed by atoms with Crippen LogP contribution in [0.15, 0.2) is 54.6 Å². The lowest BCUT2D eigenvalue weighted by Gasteiger charge is -2.18. The summed E-state index contributed by atoms with van der Waals surface area (Å²) in [4.78, 5) is 51.9. The molecule has 1 aliphatic heterocycles. The molecule has 2 aliphatic carbocycles. The monoisotopic (exact) mass is 444 g/mol. The second-order valence-corrected chi connectivity index (χ2v) is 8.99. The van der Waals surface area contributed by atoms with Crippen molar-refractivity contribution in [2.75, 3.05) is 16.8 Å². The summed E-state index contributed by atoms with van der Waals surface area (Å²) in [7, 11) is 0. The predicted octanol–water partition coefficient (Wildman–Crippen LogP) is 3.41. The first-order valence-corrected chi connectivity index (χ1v) is 11.0. The maximum Gasteiger partial charge on any atom is 0.338 e. The highest BCUT2D eigenvalue weighted by molar-refractivity contribution is 6.23. The van der Waals surface area contributed by atoms with Crippen LogP contribution in [0.1, 0.15) is 27.9 Å². The number of hydrogen-bond acceptors (Lipinski definition) is 5. The van der Waals surface area contributed by atoms with E-state index in [-0.39, 0.29) is 41.0 Å². The van der Waals surface area contributed by atoms with Crippen molar-refractivity contribution in [3.63, 3.8) is 0 Å². The van der Waals surface area contributed by atoms with E-state index in [0.717, 1.165) is 17.5 Å². The van der Waals surface area contributed by atoms with Crippen molar-refractivity contribution in [2.45, 2.75) is 20.3 Å². The van der Waals surface area contributed by atoms with Crippen LogP contribution >= 0.6 is 0 Å². The van der Waals surface area contributed by atoms with E-state index in [9.17, 15) is 19.2 Å². The Morgan fingerprint density at radius 1 is 0.970 bits per heavy atom. The van der Waals surface area contributed by atoms with Crippen molar-refractivity contribution in [3.05, 3.63) is 71.3 Å². The van der Waals surface area contributed by atoms with Crippen molar-refractivity contribution >= 4 is 35.1 Å². The summed E-state index contributed by atoms with van der Waals surface area (Å²) in [6.07, 6.45) is 4.94. The molecule has 2 aromatic carbocycles. The first-order valence-electron chi connectivity index (χ1n) is 11.0. The van der Waals surface area contributed by atoms with Gasteiger partial charge < -0.3 is 10.1 Å². The number of rotatable bonds is 5. The summed E-state index contributed by atoms with van der Waals surface area (Å²) in [5.41, 5.74) is 3.31. The minimum absolute atomic E-state index is 0.116. The van der Waals surface area contributed by atoms with Gasteiger partial charge in [0.2, 0.25) is 11.8 Å². The number of hydrogen-bond donors (Lipinski definition) is 1. The van der Waals surface area contributed by atoms with Gasteiger partial charge in [0.15, 0.2) is 6.61 Å². The van der Waals surface area contributed by atoms with Crippen LogP contribution < -0.4 is 10.2 Å². The number of nitrogens with one attached hydrogen (secondary N) is 1. The first-order chi connectivity index (χ1) is 15.8. The van der Waals surface area contributed by atoms with Gasteiger partial charge in [0, 0.05) is 5.69 Å². The molecule has 2 bridgehead atoms. The zero-order chi connectivity index (χ0) is 23.3. The van der Waals surface area contributed by atoms with Gasteiger partial charge in [-0.05, 0) is 73.6 Å². The minimum atomic E-state index is -0.701. The number of carbonyl (C=O) groups is 4. The lowest BCUT2D eigenvalue weighted by molar-refractivity contribution is -0.123. The lowest BCUT2D eigenvalue weighted by Crippen LogP contribution is -2.33. The van der Waals surface area contributed by atoms with E-state index in [1.807, 2.05) is 38.1 Å². The Morgan fingerprint density at radius 3 is 2.33 bits per heavy atom. The second kappa shape index (κ2) is 7.99. The van der Waals surface area contributed by atoms with Crippen molar-refractivity contribution in [2.24, 2.45) is 23.7 Å². The van der Waals surface area contributed by atoms with E-state index in [1.165, 1.54) is 17.0 Å². The number of amides is 3. The van der Waals surface area contributed by atoms with Crippen molar-refractivity contribution in [1.82, 2.24) is 0 Å². The van der Waals surface area contributed by atoms with Crippen LogP contribution in [-0.2, 0) is 19.1 Å². The quantitative estimate of drug-likeness (QED) is 0.433. The molecular weight excluding hydrogens is 420 g/mol. The molecule has 1 saturated carbocycles. The summed E-state index contributed by atoms with van der Waals surface area (Å²) in [6.45, 7) is 3.48. The third kappa shape index (κ3) is 3.63. The molecule has 1 heterocycles. The fourth-order valence-electron chi connectivity index (χ4n) is 5.16. The van der Waals surface area contributed by atoms with E-state index in [2.05, 4.69) is 5.32 Å². The molecule has 0 aromatic heterocycles. The molecule has 5 rings (SSSR count). The summed E-state index contributed by atoms with van der Waals surface area (Å²) in [5, 5.41) is 2.70. The predicted molar refractivity (Wildman–Crippen MR) is 121 cm³/mol. The number of esters is 1. The molecule has 4 atom stereocenters. The molecule has 1 saturated heterocycles. The fourth-order valence-corrected chi connectivity index (χ4v) is 5.16. The molecule has 3 aliphatic rings. The molecule has 0 unspecified atom stereocenters. The molecule has 0 radical (unpaired) electrons. The normalized spacial score (nSPS) is 24.8. The van der Waals surface area contributed by atoms with Gasteiger partial charge in [0.25, 0.3) is 5.91 Å². The Labute approximate surface area is 191 Å². The van der Waals surface area contributed by atoms with Crippen molar-refractivity contribution < 1.29 is 23.9 Å². The highest BCUT2D eigenvalue weighted by Crippen LogP contribution is 2.53. The highest BCUT2D eigenvalue weighted by Gasteiger charge is 2.59. The number of anilines is 2. The Kier molecular flexibility index (Phi) is 5.12. The number of benzene rings is 2. The fraction of sp³-hybridized carbons (Fsp3) is 0.308. The van der Waals surface area contributed by atoms with Crippen LogP contribution in [0.4, 0.5) is 11.4 Å². The van der Waals surface area contributed by atoms with Crippen LogP contribution in [-0.4, -0.2) is 30.3 Å². The Morgan fingerprint density at radius 2 is 1.67 bits per heavy atom. The van der Waals surface area contributed by atoms with Gasteiger partial charge >= 0.3 is 5.97 Å². The smallest absolute Gasteiger partial charge is 0.338 e. The number of nitrogens with zero attached hydrogens (tertiary/aromatic N) is 1. The van der Waals surface area contributed by atoms with Gasteiger partial charge in [0.1, 0.15) is 0 Å². The zero-order valence-electron chi connectivity index (χ0n) is 18.4. The number of fused-ring (bicyclic) bond motifs is 5. The van der Waals surface area contributed by atoms with E-state index < -0.39 is 18.5 Å². The summed E-state index contributed by atoms with van der Waals surface area (Å²) in [5.74, 6) is -1.96. The molecular formula is C26H24N2O5. The average Bonchev–Trinajstić information content (AvgIpc) is 3.48. The Bertz CT molecular complexity index is 1190. The van der Waals surface area contributed by atoms with E-state index in [0.29, 0.717) is 11.4 Å². The van der Waals surface area contributed by atoms with E-state index in [1.54, 1.807) is 18.2 Å². The number of ether oxygens (including phenoxy) is 1. The van der Waals surface area contributed by atoms with Crippen molar-refractivity contribution in [3.8, 4) is 0 Å². The molecule has 3 amide bonds. The van der Waals surface area contributed by atoms with Crippen molar-refractivity contribution in [1.29, 1.82) is 0 Å². The summed E-state index contributed by atoms with van der Waals surface area (Å²) in [6, 6.07) is 11.8. The minimum Gasteiger partial charge on any atom is -0.452 e. The number of allylic oxidation sites excluding steroid dienone is 2. The topological polar surface area (TPSA) is 92.8 Å². The molecule has 2 aromatic rings. The van der Waals surface area contributed by atoms with Crippen LogP contribution in [0.3, 0.4) is 0 Å². The summed E-state index contributed by atoms with van der Waals surface area (Å²) >= 11 is 0. The largest absolute Gasteiger partial charge is 0.452 e. The van der Waals surface area contributed by atoms with Gasteiger partial charge in [-0.2, -0.15) is 0 Å². The van der Waals surface area contributed by atoms with Gasteiger partial charge in [-0.15, -0.1) is 0 Å². The molecule has 2 fully saturated rings. The summed E-state index contributed by atoms with van der Waals surface area (Å²) < 4.78 is 5.16. The lowest BCUT2D eigenvalue weighted by atomic mass is 9.85.